The molecular formula is C14H12ClN3O2. The third kappa shape index (κ3) is 2.10. The fraction of sp³-hybridized carbons (Fsp3) is 0.214. The van der Waals surface area contributed by atoms with E-state index in [0.717, 1.165) is 5.56 Å². The van der Waals surface area contributed by atoms with E-state index in [-0.39, 0.29) is 23.8 Å². The summed E-state index contributed by atoms with van der Waals surface area (Å²) in [5.74, 6) is 0.255. The summed E-state index contributed by atoms with van der Waals surface area (Å²) < 4.78 is 0. The van der Waals surface area contributed by atoms with Gasteiger partial charge in [-0.2, -0.15) is 0 Å². The molecule has 1 aromatic heterocycles. The molecular weight excluding hydrogens is 278 g/mol. The molecule has 102 valence electrons. The largest absolute Gasteiger partial charge is 0.310 e. The van der Waals surface area contributed by atoms with Gasteiger partial charge < -0.3 is 10.3 Å². The minimum absolute atomic E-state index is 0.167. The molecule has 0 fully saturated rings. The predicted molar refractivity (Wildman–Crippen MR) is 76.1 cm³/mol. The molecule has 2 N–H and O–H groups in total. The summed E-state index contributed by atoms with van der Waals surface area (Å²) in [6.45, 7) is 1.67. The third-order valence-corrected chi connectivity index (χ3v) is 3.69. The lowest BCUT2D eigenvalue weighted by molar-refractivity contribution is -0.116. The molecule has 1 aliphatic heterocycles. The molecule has 1 amide bonds. The molecule has 1 aliphatic rings. The summed E-state index contributed by atoms with van der Waals surface area (Å²) in [5.41, 5.74) is 0.988. The lowest BCUT2D eigenvalue weighted by Crippen LogP contribution is -2.31. The first-order valence-electron chi connectivity index (χ1n) is 6.21. The Bertz CT molecular complexity index is 754. The van der Waals surface area contributed by atoms with Gasteiger partial charge in [0.2, 0.25) is 5.91 Å². The molecule has 0 saturated carbocycles. The molecule has 6 heteroatoms. The van der Waals surface area contributed by atoms with Crippen molar-refractivity contribution in [2.75, 3.05) is 5.32 Å². The Labute approximate surface area is 120 Å². The number of fused-ring (bicyclic) bond motifs is 1. The van der Waals surface area contributed by atoms with Crippen LogP contribution in [0.2, 0.25) is 5.02 Å². The quantitative estimate of drug-likeness (QED) is 0.845. The SMILES string of the molecule is Cc1nc2c(c(=O)[nH]1)C(c1ccccc1Cl)CC(=O)N2. The second kappa shape index (κ2) is 4.76. The average Bonchev–Trinajstić information content (AvgIpc) is 2.37. The van der Waals surface area contributed by atoms with Gasteiger partial charge >= 0.3 is 0 Å². The summed E-state index contributed by atoms with van der Waals surface area (Å²) in [5, 5.41) is 3.19. The number of aromatic nitrogens is 2. The Morgan fingerprint density at radius 1 is 1.30 bits per heavy atom. The van der Waals surface area contributed by atoms with Crippen molar-refractivity contribution in [3.05, 3.63) is 56.6 Å². The van der Waals surface area contributed by atoms with Gasteiger partial charge in [0.05, 0.1) is 5.56 Å². The Morgan fingerprint density at radius 3 is 2.80 bits per heavy atom. The average molecular weight is 290 g/mol. The lowest BCUT2D eigenvalue weighted by Gasteiger charge is -2.24. The third-order valence-electron chi connectivity index (χ3n) is 3.35. The highest BCUT2D eigenvalue weighted by atomic mass is 35.5. The van der Waals surface area contributed by atoms with Crippen LogP contribution in [-0.4, -0.2) is 15.9 Å². The first kappa shape index (κ1) is 12.9. The number of hydrogen-bond donors (Lipinski definition) is 2. The standard InChI is InChI=1S/C14H12ClN3O2/c1-7-16-13-12(14(20)17-7)9(6-11(19)18-13)8-4-2-3-5-10(8)15/h2-5,9H,6H2,1H3,(H2,16,17,18,19,20). The Morgan fingerprint density at radius 2 is 2.05 bits per heavy atom. The molecule has 0 bridgehead atoms. The Balaban J connectivity index is 2.23. The first-order valence-corrected chi connectivity index (χ1v) is 6.59. The van der Waals surface area contributed by atoms with Gasteiger partial charge in [0.1, 0.15) is 11.6 Å². The van der Waals surface area contributed by atoms with Crippen LogP contribution in [-0.2, 0) is 4.79 Å². The minimum atomic E-state index is -0.371. The van der Waals surface area contributed by atoms with Gasteiger partial charge in [0.25, 0.3) is 5.56 Å². The molecule has 1 unspecified atom stereocenters. The van der Waals surface area contributed by atoms with Crippen LogP contribution in [0, 0.1) is 6.92 Å². The van der Waals surface area contributed by atoms with Gasteiger partial charge in [0, 0.05) is 17.4 Å². The van der Waals surface area contributed by atoms with Gasteiger partial charge in [-0.25, -0.2) is 4.98 Å². The molecule has 20 heavy (non-hydrogen) atoms. The fourth-order valence-corrected chi connectivity index (χ4v) is 2.77. The molecule has 0 aliphatic carbocycles. The number of carbonyl (C=O) groups excluding carboxylic acids is 1. The van der Waals surface area contributed by atoms with E-state index in [1.165, 1.54) is 0 Å². The number of carbonyl (C=O) groups is 1. The topological polar surface area (TPSA) is 74.8 Å². The number of nitrogens with zero attached hydrogens (tertiary/aromatic N) is 1. The van der Waals surface area contributed by atoms with Crippen molar-refractivity contribution in [3.63, 3.8) is 0 Å². The monoisotopic (exact) mass is 289 g/mol. The molecule has 1 atom stereocenters. The highest BCUT2D eigenvalue weighted by Crippen LogP contribution is 2.36. The smallest absolute Gasteiger partial charge is 0.256 e. The maximum atomic E-state index is 12.2. The maximum absolute atomic E-state index is 12.2. The zero-order chi connectivity index (χ0) is 14.3. The van der Waals surface area contributed by atoms with Gasteiger partial charge in [-0.1, -0.05) is 29.8 Å². The van der Waals surface area contributed by atoms with E-state index in [2.05, 4.69) is 15.3 Å². The Kier molecular flexibility index (Phi) is 3.06. The number of benzene rings is 1. The molecule has 5 nitrogen and oxygen atoms in total. The fourth-order valence-electron chi connectivity index (χ4n) is 2.51. The molecule has 2 heterocycles. The summed E-state index contributed by atoms with van der Waals surface area (Å²) in [4.78, 5) is 30.9. The van der Waals surface area contributed by atoms with Crippen LogP contribution in [0.1, 0.15) is 29.3 Å². The summed E-state index contributed by atoms with van der Waals surface area (Å²) in [6, 6.07) is 7.23. The number of rotatable bonds is 1. The van der Waals surface area contributed by atoms with Crippen molar-refractivity contribution in [2.45, 2.75) is 19.3 Å². The predicted octanol–water partition coefficient (Wildman–Crippen LogP) is 2.21. The van der Waals surface area contributed by atoms with Gasteiger partial charge in [-0.3, -0.25) is 9.59 Å². The maximum Gasteiger partial charge on any atom is 0.256 e. The van der Waals surface area contributed by atoms with E-state index in [4.69, 9.17) is 11.6 Å². The molecule has 1 aromatic carbocycles. The lowest BCUT2D eigenvalue weighted by atomic mass is 9.87. The van der Waals surface area contributed by atoms with E-state index in [1.54, 1.807) is 13.0 Å². The zero-order valence-electron chi connectivity index (χ0n) is 10.7. The van der Waals surface area contributed by atoms with Crippen molar-refractivity contribution in [3.8, 4) is 0 Å². The number of amides is 1. The summed E-state index contributed by atoms with van der Waals surface area (Å²) in [6.07, 6.45) is 0.185. The minimum Gasteiger partial charge on any atom is -0.310 e. The number of H-pyrrole nitrogens is 1. The van der Waals surface area contributed by atoms with Gasteiger partial charge in [0.15, 0.2) is 0 Å². The van der Waals surface area contributed by atoms with Crippen molar-refractivity contribution in [2.24, 2.45) is 0 Å². The van der Waals surface area contributed by atoms with Crippen LogP contribution in [0.15, 0.2) is 29.1 Å². The van der Waals surface area contributed by atoms with E-state index < -0.39 is 0 Å². The van der Waals surface area contributed by atoms with Crippen molar-refractivity contribution < 1.29 is 4.79 Å². The van der Waals surface area contributed by atoms with Crippen molar-refractivity contribution in [1.82, 2.24) is 9.97 Å². The highest BCUT2D eigenvalue weighted by Gasteiger charge is 2.31. The Hall–Kier alpha value is -2.14. The number of hydrogen-bond acceptors (Lipinski definition) is 3. The van der Waals surface area contributed by atoms with Crippen LogP contribution in [0.5, 0.6) is 0 Å². The van der Waals surface area contributed by atoms with E-state index in [0.29, 0.717) is 22.2 Å². The number of halogens is 1. The van der Waals surface area contributed by atoms with Crippen molar-refractivity contribution in [1.29, 1.82) is 0 Å². The summed E-state index contributed by atoms with van der Waals surface area (Å²) in [7, 11) is 0. The highest BCUT2D eigenvalue weighted by molar-refractivity contribution is 6.31. The first-order chi connectivity index (χ1) is 9.56. The van der Waals surface area contributed by atoms with Crippen LogP contribution >= 0.6 is 11.6 Å². The molecule has 0 saturated heterocycles. The number of anilines is 1. The van der Waals surface area contributed by atoms with Crippen LogP contribution in [0.3, 0.4) is 0 Å². The van der Waals surface area contributed by atoms with E-state index >= 15 is 0 Å². The number of nitrogens with one attached hydrogen (secondary N) is 2. The second-order valence-corrected chi connectivity index (χ2v) is 5.15. The molecule has 0 radical (unpaired) electrons. The van der Waals surface area contributed by atoms with Crippen LogP contribution < -0.4 is 10.9 Å². The van der Waals surface area contributed by atoms with Crippen LogP contribution in [0.25, 0.3) is 0 Å². The normalized spacial score (nSPS) is 17.5. The molecule has 0 spiro atoms. The second-order valence-electron chi connectivity index (χ2n) is 4.74. The van der Waals surface area contributed by atoms with E-state index in [9.17, 15) is 9.59 Å². The zero-order valence-corrected chi connectivity index (χ0v) is 11.5. The number of aromatic amines is 1. The molecule has 3 rings (SSSR count). The van der Waals surface area contributed by atoms with E-state index in [1.807, 2.05) is 18.2 Å². The number of aryl methyl sites for hydroxylation is 1. The van der Waals surface area contributed by atoms with Gasteiger partial charge in [-0.15, -0.1) is 0 Å². The molecule has 2 aromatic rings. The van der Waals surface area contributed by atoms with Crippen LogP contribution in [0.4, 0.5) is 5.82 Å². The van der Waals surface area contributed by atoms with Gasteiger partial charge in [-0.05, 0) is 18.6 Å². The van der Waals surface area contributed by atoms with Crippen molar-refractivity contribution >= 4 is 23.3 Å². The summed E-state index contributed by atoms with van der Waals surface area (Å²) >= 11 is 6.19.